The topological polar surface area (TPSA) is 0 Å². The molecule has 1 aromatic carbocycles. The molecule has 0 saturated carbocycles. The quantitative estimate of drug-likeness (QED) is 0.684. The molecule has 13 heavy (non-hydrogen) atoms. The molecule has 2 heteroatoms. The van der Waals surface area contributed by atoms with Crippen LogP contribution in [0.2, 0.25) is 0 Å². The van der Waals surface area contributed by atoms with E-state index in [1.54, 1.807) is 6.92 Å². The average molecular weight is 245 g/mol. The predicted octanol–water partition coefficient (Wildman–Crippen LogP) is 4.23. The van der Waals surface area contributed by atoms with Gasteiger partial charge in [0.05, 0.1) is 0 Å². The molecule has 1 atom stereocenters. The first-order chi connectivity index (χ1) is 6.02. The lowest BCUT2D eigenvalue weighted by molar-refractivity contribution is 0.610. The standard InChI is InChI=1S/C11H14BrF/c1-7(2)11(12)9-4-5-10(13)8(3)6-9/h4-7,11H,1-3H3. The second-order valence-corrected chi connectivity index (χ2v) is 4.64. The highest BCUT2D eigenvalue weighted by molar-refractivity contribution is 9.09. The number of halogens is 2. The van der Waals surface area contributed by atoms with E-state index in [4.69, 9.17) is 0 Å². The SMILES string of the molecule is Cc1cc(C(Br)C(C)C)ccc1F. The maximum Gasteiger partial charge on any atom is 0.126 e. The van der Waals surface area contributed by atoms with E-state index < -0.39 is 0 Å². The summed E-state index contributed by atoms with van der Waals surface area (Å²) in [5, 5.41) is 0. The zero-order chi connectivity index (χ0) is 10.0. The molecule has 0 heterocycles. The predicted molar refractivity (Wildman–Crippen MR) is 57.6 cm³/mol. The molecule has 0 aliphatic rings. The fraction of sp³-hybridized carbons (Fsp3) is 0.455. The first-order valence-corrected chi connectivity index (χ1v) is 5.34. The molecule has 0 N–H and O–H groups in total. The summed E-state index contributed by atoms with van der Waals surface area (Å²) in [4.78, 5) is 0.312. The number of benzene rings is 1. The summed E-state index contributed by atoms with van der Waals surface area (Å²) in [5.74, 6) is 0.386. The Labute approximate surface area is 87.3 Å². The summed E-state index contributed by atoms with van der Waals surface area (Å²) in [7, 11) is 0. The zero-order valence-corrected chi connectivity index (χ0v) is 9.73. The molecule has 1 aromatic rings. The molecule has 0 saturated heterocycles. The van der Waals surface area contributed by atoms with Gasteiger partial charge in [0.1, 0.15) is 5.82 Å². The molecule has 0 aromatic heterocycles. The van der Waals surface area contributed by atoms with Gasteiger partial charge in [0.25, 0.3) is 0 Å². The smallest absolute Gasteiger partial charge is 0.126 e. The van der Waals surface area contributed by atoms with Crippen molar-refractivity contribution in [3.8, 4) is 0 Å². The van der Waals surface area contributed by atoms with Gasteiger partial charge in [-0.1, -0.05) is 41.9 Å². The lowest BCUT2D eigenvalue weighted by Crippen LogP contribution is -1.99. The molecular formula is C11H14BrF. The van der Waals surface area contributed by atoms with E-state index in [0.717, 1.165) is 5.56 Å². The van der Waals surface area contributed by atoms with Crippen LogP contribution < -0.4 is 0 Å². The van der Waals surface area contributed by atoms with Crippen LogP contribution in [-0.4, -0.2) is 0 Å². The van der Waals surface area contributed by atoms with Gasteiger partial charge in [-0.2, -0.15) is 0 Å². The largest absolute Gasteiger partial charge is 0.207 e. The van der Waals surface area contributed by atoms with Crippen molar-refractivity contribution in [3.05, 3.63) is 35.1 Å². The van der Waals surface area contributed by atoms with Crippen molar-refractivity contribution in [1.29, 1.82) is 0 Å². The van der Waals surface area contributed by atoms with Gasteiger partial charge in [-0.15, -0.1) is 0 Å². The van der Waals surface area contributed by atoms with Gasteiger partial charge in [0, 0.05) is 4.83 Å². The van der Waals surface area contributed by atoms with E-state index in [1.807, 2.05) is 12.1 Å². The van der Waals surface area contributed by atoms with E-state index in [0.29, 0.717) is 16.3 Å². The Kier molecular flexibility index (Phi) is 3.48. The minimum Gasteiger partial charge on any atom is -0.207 e. The van der Waals surface area contributed by atoms with E-state index in [9.17, 15) is 4.39 Å². The van der Waals surface area contributed by atoms with Gasteiger partial charge in [0.2, 0.25) is 0 Å². The first kappa shape index (κ1) is 10.7. The molecule has 0 spiro atoms. The summed E-state index contributed by atoms with van der Waals surface area (Å²) < 4.78 is 12.9. The van der Waals surface area contributed by atoms with Crippen molar-refractivity contribution in [2.45, 2.75) is 25.6 Å². The van der Waals surface area contributed by atoms with E-state index in [-0.39, 0.29) is 5.82 Å². The average Bonchev–Trinajstić information content (AvgIpc) is 2.08. The minimum absolute atomic E-state index is 0.132. The Hall–Kier alpha value is -0.370. The summed E-state index contributed by atoms with van der Waals surface area (Å²) >= 11 is 3.59. The van der Waals surface area contributed by atoms with Crippen LogP contribution in [0.3, 0.4) is 0 Å². The lowest BCUT2D eigenvalue weighted by atomic mass is 10.0. The van der Waals surface area contributed by atoms with Crippen molar-refractivity contribution < 1.29 is 4.39 Å². The normalized spacial score (nSPS) is 13.4. The molecule has 1 unspecified atom stereocenters. The Morgan fingerprint density at radius 2 is 1.92 bits per heavy atom. The van der Waals surface area contributed by atoms with Gasteiger partial charge in [0.15, 0.2) is 0 Å². The fourth-order valence-corrected chi connectivity index (χ4v) is 1.51. The molecule has 0 aliphatic carbocycles. The highest BCUT2D eigenvalue weighted by Gasteiger charge is 2.12. The number of aryl methyl sites for hydroxylation is 1. The molecule has 0 fully saturated rings. The summed E-state index contributed by atoms with van der Waals surface area (Å²) in [6.07, 6.45) is 0. The molecule has 0 radical (unpaired) electrons. The van der Waals surface area contributed by atoms with Crippen LogP contribution in [0.25, 0.3) is 0 Å². The van der Waals surface area contributed by atoms with Crippen LogP contribution in [0.1, 0.15) is 29.8 Å². The molecule has 0 bridgehead atoms. The summed E-state index contributed by atoms with van der Waals surface area (Å²) in [6, 6.07) is 5.26. The van der Waals surface area contributed by atoms with Crippen molar-refractivity contribution >= 4 is 15.9 Å². The van der Waals surface area contributed by atoms with Crippen molar-refractivity contribution in [2.75, 3.05) is 0 Å². The molecule has 72 valence electrons. The first-order valence-electron chi connectivity index (χ1n) is 4.42. The third kappa shape index (κ3) is 2.53. The Morgan fingerprint density at radius 3 is 2.38 bits per heavy atom. The van der Waals surface area contributed by atoms with Crippen molar-refractivity contribution in [2.24, 2.45) is 5.92 Å². The fourth-order valence-electron chi connectivity index (χ4n) is 1.22. The van der Waals surface area contributed by atoms with Crippen LogP contribution >= 0.6 is 15.9 Å². The molecule has 1 rings (SSSR count). The van der Waals surface area contributed by atoms with E-state index in [2.05, 4.69) is 29.8 Å². The zero-order valence-electron chi connectivity index (χ0n) is 8.14. The second kappa shape index (κ2) is 4.23. The van der Waals surface area contributed by atoms with Gasteiger partial charge < -0.3 is 0 Å². The summed E-state index contributed by atoms with van der Waals surface area (Å²) in [6.45, 7) is 6.06. The van der Waals surface area contributed by atoms with Crippen LogP contribution in [0.5, 0.6) is 0 Å². The lowest BCUT2D eigenvalue weighted by Gasteiger charge is -2.14. The molecule has 0 aliphatic heterocycles. The van der Waals surface area contributed by atoms with E-state index in [1.165, 1.54) is 6.07 Å². The van der Waals surface area contributed by atoms with Crippen LogP contribution in [0.15, 0.2) is 18.2 Å². The maximum absolute atomic E-state index is 12.9. The number of rotatable bonds is 2. The highest BCUT2D eigenvalue weighted by Crippen LogP contribution is 2.31. The number of hydrogen-bond acceptors (Lipinski definition) is 0. The monoisotopic (exact) mass is 244 g/mol. The Balaban J connectivity index is 2.97. The molecular weight excluding hydrogens is 231 g/mol. The van der Waals surface area contributed by atoms with Gasteiger partial charge in [-0.3, -0.25) is 0 Å². The number of alkyl halides is 1. The highest BCUT2D eigenvalue weighted by atomic mass is 79.9. The maximum atomic E-state index is 12.9. The van der Waals surface area contributed by atoms with Crippen LogP contribution in [0.4, 0.5) is 4.39 Å². The van der Waals surface area contributed by atoms with Crippen molar-refractivity contribution in [3.63, 3.8) is 0 Å². The van der Waals surface area contributed by atoms with Crippen LogP contribution in [-0.2, 0) is 0 Å². The Bertz CT molecular complexity index is 294. The summed E-state index contributed by atoms with van der Waals surface area (Å²) in [5.41, 5.74) is 1.86. The third-order valence-electron chi connectivity index (χ3n) is 2.09. The minimum atomic E-state index is -0.132. The molecule has 0 nitrogen and oxygen atoms in total. The van der Waals surface area contributed by atoms with Gasteiger partial charge in [-0.25, -0.2) is 4.39 Å². The molecule has 0 amide bonds. The van der Waals surface area contributed by atoms with E-state index >= 15 is 0 Å². The van der Waals surface area contributed by atoms with Crippen LogP contribution in [0, 0.1) is 18.7 Å². The van der Waals surface area contributed by atoms with Crippen molar-refractivity contribution in [1.82, 2.24) is 0 Å². The Morgan fingerprint density at radius 1 is 1.31 bits per heavy atom. The second-order valence-electron chi connectivity index (χ2n) is 3.65. The van der Waals surface area contributed by atoms with Gasteiger partial charge in [-0.05, 0) is 30.0 Å². The third-order valence-corrected chi connectivity index (χ3v) is 3.67. The number of hydrogen-bond donors (Lipinski definition) is 0. The van der Waals surface area contributed by atoms with Gasteiger partial charge >= 0.3 is 0 Å².